The first-order valence-electron chi connectivity index (χ1n) is 10.9. The number of unbranched alkanes of at least 4 members (excludes halogenated alkanes) is 1. The summed E-state index contributed by atoms with van der Waals surface area (Å²) in [5, 5.41) is 9.92. The second-order valence-electron chi connectivity index (χ2n) is 9.00. The monoisotopic (exact) mass is 421 g/mol. The van der Waals surface area contributed by atoms with Crippen molar-refractivity contribution in [3.8, 4) is 17.6 Å². The summed E-state index contributed by atoms with van der Waals surface area (Å²) in [5.41, 5.74) is 1.65. The fraction of sp³-hybridized carbons (Fsp3) is 0.462. The minimum atomic E-state index is -0.585. The second kappa shape index (κ2) is 10.3. The summed E-state index contributed by atoms with van der Waals surface area (Å²) < 4.78 is 16.5. The lowest BCUT2D eigenvalue weighted by Crippen LogP contribution is -2.33. The first-order chi connectivity index (χ1) is 14.9. The molecule has 5 nitrogen and oxygen atoms in total. The number of fused-ring (bicyclic) bond motifs is 1. The van der Waals surface area contributed by atoms with Crippen molar-refractivity contribution in [3.63, 3.8) is 0 Å². The second-order valence-corrected chi connectivity index (χ2v) is 9.00. The number of rotatable bonds is 9. The van der Waals surface area contributed by atoms with Crippen LogP contribution in [0.25, 0.3) is 0 Å². The number of nitriles is 1. The van der Waals surface area contributed by atoms with Crippen LogP contribution in [0.3, 0.4) is 0 Å². The first kappa shape index (κ1) is 22.7. The van der Waals surface area contributed by atoms with Gasteiger partial charge >= 0.3 is 5.97 Å². The number of carbonyl (C=O) groups is 1. The predicted octanol–water partition coefficient (Wildman–Crippen LogP) is 5.47. The fourth-order valence-electron chi connectivity index (χ4n) is 3.80. The van der Waals surface area contributed by atoms with E-state index in [1.807, 2.05) is 57.2 Å². The third-order valence-electron chi connectivity index (χ3n) is 5.33. The summed E-state index contributed by atoms with van der Waals surface area (Å²) in [6, 6.07) is 18.4. The Labute approximate surface area is 184 Å². The van der Waals surface area contributed by atoms with Crippen LogP contribution in [-0.4, -0.2) is 18.4 Å². The Morgan fingerprint density at radius 2 is 1.81 bits per heavy atom. The molecule has 2 aromatic carbocycles. The molecule has 0 saturated heterocycles. The molecule has 0 bridgehead atoms. The van der Waals surface area contributed by atoms with Gasteiger partial charge in [-0.1, -0.05) is 42.8 Å². The molecular weight excluding hydrogens is 390 g/mol. The van der Waals surface area contributed by atoms with E-state index in [4.69, 9.17) is 14.2 Å². The molecule has 2 atom stereocenters. The molecule has 31 heavy (non-hydrogen) atoms. The van der Waals surface area contributed by atoms with Crippen molar-refractivity contribution in [1.29, 1.82) is 5.26 Å². The number of carbonyl (C=O) groups excluding carboxylic acids is 1. The smallest absolute Gasteiger partial charge is 0.310 e. The van der Waals surface area contributed by atoms with E-state index in [0.717, 1.165) is 24.8 Å². The van der Waals surface area contributed by atoms with E-state index >= 15 is 0 Å². The van der Waals surface area contributed by atoms with Crippen LogP contribution in [0.5, 0.6) is 11.5 Å². The minimum absolute atomic E-state index is 0.211. The van der Waals surface area contributed by atoms with Crippen LogP contribution in [0, 0.1) is 23.2 Å². The highest BCUT2D eigenvalue weighted by molar-refractivity contribution is 5.73. The van der Waals surface area contributed by atoms with E-state index in [0.29, 0.717) is 24.3 Å². The van der Waals surface area contributed by atoms with Gasteiger partial charge in [-0.25, -0.2) is 0 Å². The van der Waals surface area contributed by atoms with Gasteiger partial charge in [-0.2, -0.15) is 5.26 Å². The molecule has 0 amide bonds. The van der Waals surface area contributed by atoms with Gasteiger partial charge in [-0.05, 0) is 69.7 Å². The molecule has 1 unspecified atom stereocenters. The van der Waals surface area contributed by atoms with Gasteiger partial charge in [-0.3, -0.25) is 4.79 Å². The summed E-state index contributed by atoms with van der Waals surface area (Å²) in [7, 11) is 0. The Bertz CT molecular complexity index is 911. The molecule has 3 rings (SSSR count). The zero-order chi connectivity index (χ0) is 22.3. The van der Waals surface area contributed by atoms with Gasteiger partial charge in [0, 0.05) is 0 Å². The highest BCUT2D eigenvalue weighted by Crippen LogP contribution is 2.34. The number of nitrogens with zero attached hydrogens (tertiary/aromatic N) is 1. The number of esters is 1. The third-order valence-corrected chi connectivity index (χ3v) is 5.33. The molecule has 0 radical (unpaired) electrons. The van der Waals surface area contributed by atoms with Crippen LogP contribution >= 0.6 is 0 Å². The first-order valence-corrected chi connectivity index (χ1v) is 10.9. The maximum atomic E-state index is 13.0. The van der Waals surface area contributed by atoms with E-state index in [9.17, 15) is 10.1 Å². The number of aryl methyl sites for hydroxylation is 1. The van der Waals surface area contributed by atoms with Gasteiger partial charge in [-0.15, -0.1) is 0 Å². The Balaban J connectivity index is 1.67. The van der Waals surface area contributed by atoms with Crippen molar-refractivity contribution in [2.45, 2.75) is 58.5 Å². The normalized spacial score (nSPS) is 14.5. The summed E-state index contributed by atoms with van der Waals surface area (Å²) in [4.78, 5) is 13.0. The van der Waals surface area contributed by atoms with Crippen LogP contribution in [0.15, 0.2) is 48.5 Å². The van der Waals surface area contributed by atoms with Crippen LogP contribution in [0.4, 0.5) is 0 Å². The van der Waals surface area contributed by atoms with Gasteiger partial charge in [0.05, 0.1) is 17.9 Å². The summed E-state index contributed by atoms with van der Waals surface area (Å²) >= 11 is 0. The van der Waals surface area contributed by atoms with Crippen LogP contribution < -0.4 is 9.47 Å². The predicted molar refractivity (Wildman–Crippen MR) is 119 cm³/mol. The van der Waals surface area contributed by atoms with E-state index in [-0.39, 0.29) is 12.8 Å². The van der Waals surface area contributed by atoms with Gasteiger partial charge < -0.3 is 14.2 Å². The Kier molecular flexibility index (Phi) is 7.57. The average molecular weight is 422 g/mol. The molecule has 164 valence electrons. The van der Waals surface area contributed by atoms with Crippen molar-refractivity contribution in [2.75, 3.05) is 6.79 Å². The maximum Gasteiger partial charge on any atom is 0.310 e. The van der Waals surface area contributed by atoms with E-state index < -0.39 is 17.4 Å². The average Bonchev–Trinajstić information content (AvgIpc) is 3.20. The van der Waals surface area contributed by atoms with Crippen molar-refractivity contribution in [1.82, 2.24) is 0 Å². The highest BCUT2D eigenvalue weighted by atomic mass is 16.7. The molecule has 5 heteroatoms. The van der Waals surface area contributed by atoms with Gasteiger partial charge in [0.25, 0.3) is 0 Å². The molecule has 1 aliphatic heterocycles. The summed E-state index contributed by atoms with van der Waals surface area (Å²) in [6.07, 6.45) is 3.88. The number of ether oxygens (including phenoxy) is 3. The minimum Gasteiger partial charge on any atom is -0.460 e. The van der Waals surface area contributed by atoms with Gasteiger partial charge in [0.1, 0.15) is 5.60 Å². The molecule has 0 fully saturated rings. The topological polar surface area (TPSA) is 68.6 Å². The van der Waals surface area contributed by atoms with Gasteiger partial charge in [0.2, 0.25) is 6.79 Å². The fourth-order valence-corrected chi connectivity index (χ4v) is 3.80. The van der Waals surface area contributed by atoms with Crippen molar-refractivity contribution in [2.24, 2.45) is 11.8 Å². The zero-order valence-electron chi connectivity index (χ0n) is 18.6. The quantitative estimate of drug-likeness (QED) is 0.397. The molecular formula is C26H31NO4. The SMILES string of the molecule is CC(C)(C)OC(=O)C(CCCCc1ccccc1)[C@@H](C#N)Cc1ccc2c(c1)OCO2. The molecule has 0 spiro atoms. The lowest BCUT2D eigenvalue weighted by atomic mass is 9.84. The van der Waals surface area contributed by atoms with Crippen molar-refractivity contribution in [3.05, 3.63) is 59.7 Å². The molecule has 0 aromatic heterocycles. The number of hydrogen-bond donors (Lipinski definition) is 0. The lowest BCUT2D eigenvalue weighted by molar-refractivity contribution is -0.161. The summed E-state index contributed by atoms with van der Waals surface area (Å²) in [6.45, 7) is 5.78. The zero-order valence-corrected chi connectivity index (χ0v) is 18.6. The van der Waals surface area contributed by atoms with E-state index in [1.165, 1.54) is 5.56 Å². The highest BCUT2D eigenvalue weighted by Gasteiger charge is 2.32. The Morgan fingerprint density at radius 3 is 2.52 bits per heavy atom. The molecule has 1 heterocycles. The largest absolute Gasteiger partial charge is 0.460 e. The van der Waals surface area contributed by atoms with E-state index in [1.54, 1.807) is 0 Å². The molecule has 0 aliphatic carbocycles. The maximum absolute atomic E-state index is 13.0. The van der Waals surface area contributed by atoms with Crippen LogP contribution in [0.1, 0.15) is 51.2 Å². The standard InChI is InChI=1S/C26H31NO4/c1-26(2,3)31-25(28)22(12-8-7-11-19-9-5-4-6-10-19)21(17-27)15-20-13-14-23-24(16-20)30-18-29-23/h4-6,9-10,13-14,16,21-22H,7-8,11-12,15,18H2,1-3H3/t21-,22?/m1/s1. The molecule has 0 saturated carbocycles. The summed E-state index contributed by atoms with van der Waals surface area (Å²) in [5.74, 6) is 0.171. The number of benzene rings is 2. The third kappa shape index (κ3) is 6.75. The van der Waals surface area contributed by atoms with Crippen LogP contribution in [0.2, 0.25) is 0 Å². The van der Waals surface area contributed by atoms with Crippen molar-refractivity contribution < 1.29 is 19.0 Å². The molecule has 1 aliphatic rings. The Morgan fingerprint density at radius 1 is 1.06 bits per heavy atom. The molecule has 0 N–H and O–H groups in total. The molecule has 2 aromatic rings. The van der Waals surface area contributed by atoms with E-state index in [2.05, 4.69) is 18.2 Å². The Hall–Kier alpha value is -3.00. The van der Waals surface area contributed by atoms with Crippen molar-refractivity contribution >= 4 is 5.97 Å². The van der Waals surface area contributed by atoms with Gasteiger partial charge in [0.15, 0.2) is 11.5 Å². The number of hydrogen-bond acceptors (Lipinski definition) is 5. The lowest BCUT2D eigenvalue weighted by Gasteiger charge is -2.26. The van der Waals surface area contributed by atoms with Crippen LogP contribution in [-0.2, 0) is 22.4 Å².